The number of carbonyl (C=O) groups excluding carboxylic acids is 1. The lowest BCUT2D eigenvalue weighted by molar-refractivity contribution is -0.117. The summed E-state index contributed by atoms with van der Waals surface area (Å²) < 4.78 is 0. The van der Waals surface area contributed by atoms with Crippen LogP contribution in [0.5, 0.6) is 0 Å². The lowest BCUT2D eigenvalue weighted by Gasteiger charge is -2.01. The Bertz CT molecular complexity index is 261. The summed E-state index contributed by atoms with van der Waals surface area (Å²) in [6, 6.07) is 3.86. The van der Waals surface area contributed by atoms with E-state index in [0.717, 1.165) is 12.1 Å². The Balaban J connectivity index is 2.17. The van der Waals surface area contributed by atoms with E-state index in [2.05, 4.69) is 10.3 Å². The third-order valence-corrected chi connectivity index (χ3v) is 1.63. The smallest absolute Gasteiger partial charge is 0.218 e. The number of nitrogens with two attached hydrogens (primary N) is 1. The van der Waals surface area contributed by atoms with Crippen LogP contribution in [0.4, 0.5) is 0 Å². The zero-order valence-electron chi connectivity index (χ0n) is 7.36. The molecule has 70 valence electrons. The topological polar surface area (TPSA) is 68.0 Å². The minimum absolute atomic E-state index is 0.276. The molecule has 1 heterocycles. The van der Waals surface area contributed by atoms with Crippen molar-refractivity contribution in [2.24, 2.45) is 5.73 Å². The van der Waals surface area contributed by atoms with Gasteiger partial charge in [0.15, 0.2) is 0 Å². The van der Waals surface area contributed by atoms with Crippen molar-refractivity contribution >= 4 is 5.91 Å². The van der Waals surface area contributed by atoms with Gasteiger partial charge in [-0.2, -0.15) is 0 Å². The highest BCUT2D eigenvalue weighted by molar-refractivity contribution is 5.73. The number of aromatic nitrogens is 1. The van der Waals surface area contributed by atoms with Crippen molar-refractivity contribution in [3.8, 4) is 0 Å². The molecule has 1 aromatic heterocycles. The number of carbonyl (C=O) groups is 1. The van der Waals surface area contributed by atoms with Crippen LogP contribution in [0.15, 0.2) is 24.5 Å². The van der Waals surface area contributed by atoms with Crippen LogP contribution in [-0.2, 0) is 11.3 Å². The summed E-state index contributed by atoms with van der Waals surface area (Å²) in [4.78, 5) is 14.3. The molecule has 13 heavy (non-hydrogen) atoms. The van der Waals surface area contributed by atoms with Crippen molar-refractivity contribution < 1.29 is 4.79 Å². The number of pyridine rings is 1. The highest BCUT2D eigenvalue weighted by Gasteiger charge is 1.93. The molecule has 0 aliphatic rings. The molecule has 0 fully saturated rings. The molecule has 1 rings (SSSR count). The largest absolute Gasteiger partial charge is 0.370 e. The van der Waals surface area contributed by atoms with Crippen molar-refractivity contribution in [3.05, 3.63) is 30.1 Å². The molecule has 0 radical (unpaired) electrons. The Labute approximate surface area is 77.2 Å². The Kier molecular flexibility index (Phi) is 3.92. The number of nitrogens with zero attached hydrogens (tertiary/aromatic N) is 1. The van der Waals surface area contributed by atoms with Gasteiger partial charge in [-0.05, 0) is 17.7 Å². The summed E-state index contributed by atoms with van der Waals surface area (Å²) in [6.45, 7) is 1.37. The summed E-state index contributed by atoms with van der Waals surface area (Å²) in [5.41, 5.74) is 6.14. The van der Waals surface area contributed by atoms with Gasteiger partial charge < -0.3 is 11.1 Å². The summed E-state index contributed by atoms with van der Waals surface area (Å²) in [7, 11) is 0. The van der Waals surface area contributed by atoms with E-state index in [1.54, 1.807) is 12.4 Å². The van der Waals surface area contributed by atoms with Crippen LogP contribution in [0, 0.1) is 0 Å². The molecule has 1 amide bonds. The fourth-order valence-electron chi connectivity index (χ4n) is 0.945. The standard InChI is InChI=1S/C9H13N3O/c10-9(13)3-6-12-7-8-1-4-11-5-2-8/h1-2,4-5,12H,3,6-7H2,(H2,10,13). The van der Waals surface area contributed by atoms with Crippen molar-refractivity contribution in [1.29, 1.82) is 0 Å². The summed E-state index contributed by atoms with van der Waals surface area (Å²) in [5.74, 6) is -0.276. The second kappa shape index (κ2) is 5.27. The maximum absolute atomic E-state index is 10.4. The quantitative estimate of drug-likeness (QED) is 0.627. The van der Waals surface area contributed by atoms with E-state index in [-0.39, 0.29) is 5.91 Å². The summed E-state index contributed by atoms with van der Waals surface area (Å²) >= 11 is 0. The Morgan fingerprint density at radius 3 is 2.77 bits per heavy atom. The number of amides is 1. The third kappa shape index (κ3) is 4.22. The molecule has 0 saturated heterocycles. The normalized spacial score (nSPS) is 9.85. The maximum Gasteiger partial charge on any atom is 0.218 e. The van der Waals surface area contributed by atoms with E-state index in [1.807, 2.05) is 12.1 Å². The van der Waals surface area contributed by atoms with Crippen molar-refractivity contribution in [3.63, 3.8) is 0 Å². The van der Waals surface area contributed by atoms with Crippen LogP contribution in [0.25, 0.3) is 0 Å². The van der Waals surface area contributed by atoms with Crippen molar-refractivity contribution in [2.75, 3.05) is 6.54 Å². The molecule has 0 spiro atoms. The van der Waals surface area contributed by atoms with Gasteiger partial charge in [0, 0.05) is 31.9 Å². The van der Waals surface area contributed by atoms with Crippen LogP contribution in [0.3, 0.4) is 0 Å². The molecule has 4 heteroatoms. The first kappa shape index (κ1) is 9.67. The van der Waals surface area contributed by atoms with Gasteiger partial charge in [0.25, 0.3) is 0 Å². The van der Waals surface area contributed by atoms with Gasteiger partial charge in [-0.1, -0.05) is 0 Å². The average Bonchev–Trinajstić information content (AvgIpc) is 2.14. The lowest BCUT2D eigenvalue weighted by atomic mass is 10.2. The number of nitrogens with one attached hydrogen (secondary N) is 1. The predicted molar refractivity (Wildman–Crippen MR) is 49.8 cm³/mol. The van der Waals surface area contributed by atoms with E-state index < -0.39 is 0 Å². The molecule has 0 aromatic carbocycles. The molecule has 0 bridgehead atoms. The van der Waals surface area contributed by atoms with Crippen LogP contribution in [-0.4, -0.2) is 17.4 Å². The van der Waals surface area contributed by atoms with Crippen molar-refractivity contribution in [2.45, 2.75) is 13.0 Å². The zero-order chi connectivity index (χ0) is 9.52. The molecule has 0 aliphatic heterocycles. The first-order valence-corrected chi connectivity index (χ1v) is 4.17. The molecule has 1 aromatic rings. The minimum Gasteiger partial charge on any atom is -0.370 e. The van der Waals surface area contributed by atoms with Crippen LogP contribution in [0.2, 0.25) is 0 Å². The van der Waals surface area contributed by atoms with E-state index >= 15 is 0 Å². The van der Waals surface area contributed by atoms with Gasteiger partial charge >= 0.3 is 0 Å². The molecule has 0 saturated carbocycles. The minimum atomic E-state index is -0.276. The second-order valence-corrected chi connectivity index (χ2v) is 2.75. The fraction of sp³-hybridized carbons (Fsp3) is 0.333. The van der Waals surface area contributed by atoms with E-state index in [0.29, 0.717) is 13.0 Å². The first-order chi connectivity index (χ1) is 6.29. The highest BCUT2D eigenvalue weighted by atomic mass is 16.1. The number of primary amides is 1. The summed E-state index contributed by atoms with van der Waals surface area (Å²) in [5, 5.41) is 3.10. The monoisotopic (exact) mass is 179 g/mol. The molecule has 0 aliphatic carbocycles. The molecular weight excluding hydrogens is 166 g/mol. The zero-order valence-corrected chi connectivity index (χ0v) is 7.36. The van der Waals surface area contributed by atoms with Crippen LogP contribution >= 0.6 is 0 Å². The number of hydrogen-bond donors (Lipinski definition) is 2. The number of rotatable bonds is 5. The van der Waals surface area contributed by atoms with Gasteiger partial charge in [0.1, 0.15) is 0 Å². The highest BCUT2D eigenvalue weighted by Crippen LogP contribution is 1.94. The van der Waals surface area contributed by atoms with Gasteiger partial charge in [-0.25, -0.2) is 0 Å². The second-order valence-electron chi connectivity index (χ2n) is 2.75. The lowest BCUT2D eigenvalue weighted by Crippen LogP contribution is -2.21. The SMILES string of the molecule is NC(=O)CCNCc1ccncc1. The van der Waals surface area contributed by atoms with E-state index in [1.165, 1.54) is 0 Å². The maximum atomic E-state index is 10.4. The Hall–Kier alpha value is -1.42. The summed E-state index contributed by atoms with van der Waals surface area (Å²) in [6.07, 6.45) is 3.86. The van der Waals surface area contributed by atoms with Gasteiger partial charge in [0.2, 0.25) is 5.91 Å². The average molecular weight is 179 g/mol. The molecule has 3 N–H and O–H groups in total. The Morgan fingerprint density at radius 1 is 1.46 bits per heavy atom. The van der Waals surface area contributed by atoms with Gasteiger partial charge in [-0.3, -0.25) is 9.78 Å². The number of hydrogen-bond acceptors (Lipinski definition) is 3. The van der Waals surface area contributed by atoms with Gasteiger partial charge in [-0.15, -0.1) is 0 Å². The third-order valence-electron chi connectivity index (χ3n) is 1.63. The molecular formula is C9H13N3O. The predicted octanol–water partition coefficient (Wildman–Crippen LogP) is 0.0466. The Morgan fingerprint density at radius 2 is 2.15 bits per heavy atom. The molecule has 4 nitrogen and oxygen atoms in total. The van der Waals surface area contributed by atoms with Crippen LogP contribution in [0.1, 0.15) is 12.0 Å². The first-order valence-electron chi connectivity index (χ1n) is 4.17. The fourth-order valence-corrected chi connectivity index (χ4v) is 0.945. The van der Waals surface area contributed by atoms with Crippen molar-refractivity contribution in [1.82, 2.24) is 10.3 Å². The van der Waals surface area contributed by atoms with E-state index in [9.17, 15) is 4.79 Å². The van der Waals surface area contributed by atoms with Gasteiger partial charge in [0.05, 0.1) is 0 Å². The molecule has 0 atom stereocenters. The van der Waals surface area contributed by atoms with E-state index in [4.69, 9.17) is 5.73 Å². The molecule has 0 unspecified atom stereocenters. The van der Waals surface area contributed by atoms with Crippen LogP contribution < -0.4 is 11.1 Å².